The number of hydrogen-bond acceptors (Lipinski definition) is 2. The molecule has 0 radical (unpaired) electrons. The smallest absolute Gasteiger partial charge is 0.0739 e. The van der Waals surface area contributed by atoms with Crippen molar-refractivity contribution in [3.63, 3.8) is 0 Å². The molecule has 2 rings (SSSR count). The summed E-state index contributed by atoms with van der Waals surface area (Å²) < 4.78 is 6.36. The molecule has 0 aromatic carbocycles. The predicted molar refractivity (Wildman–Crippen MR) is 77.6 cm³/mol. The van der Waals surface area contributed by atoms with Crippen molar-refractivity contribution in [2.45, 2.75) is 83.8 Å². The van der Waals surface area contributed by atoms with E-state index >= 15 is 0 Å². The minimum Gasteiger partial charge on any atom is -0.374 e. The standard InChI is InChI=1S/C17H29NO/c1-3-5-14-8-9-15(12-18)17(11-14)19-16-7-4-6-13(2)10-16/h13-17H,3-11H2,1-2H3. The van der Waals surface area contributed by atoms with Crippen LogP contribution in [0.15, 0.2) is 0 Å². The molecule has 0 heterocycles. The van der Waals surface area contributed by atoms with E-state index in [-0.39, 0.29) is 12.0 Å². The van der Waals surface area contributed by atoms with Crippen LogP contribution >= 0.6 is 0 Å². The highest BCUT2D eigenvalue weighted by molar-refractivity contribution is 4.94. The minimum atomic E-state index is 0.144. The van der Waals surface area contributed by atoms with Gasteiger partial charge in [0, 0.05) is 0 Å². The van der Waals surface area contributed by atoms with Crippen molar-refractivity contribution in [1.82, 2.24) is 0 Å². The normalized spacial score (nSPS) is 39.7. The average molecular weight is 263 g/mol. The average Bonchev–Trinajstić information content (AvgIpc) is 2.39. The Labute approximate surface area is 118 Å². The first-order valence-corrected chi connectivity index (χ1v) is 8.28. The predicted octanol–water partition coefficient (Wildman–Crippen LogP) is 4.69. The lowest BCUT2D eigenvalue weighted by molar-refractivity contribution is -0.0774. The summed E-state index contributed by atoms with van der Waals surface area (Å²) in [6.45, 7) is 4.59. The van der Waals surface area contributed by atoms with Crippen LogP contribution in [0.1, 0.15) is 71.6 Å². The van der Waals surface area contributed by atoms with Gasteiger partial charge in [-0.25, -0.2) is 0 Å². The quantitative estimate of drug-likeness (QED) is 0.737. The largest absolute Gasteiger partial charge is 0.374 e. The molecular formula is C17H29NO. The van der Waals surface area contributed by atoms with Gasteiger partial charge in [0.1, 0.15) is 0 Å². The summed E-state index contributed by atoms with van der Waals surface area (Å²) >= 11 is 0. The molecule has 2 heteroatoms. The van der Waals surface area contributed by atoms with Gasteiger partial charge in [-0.05, 0) is 43.9 Å². The second-order valence-corrected chi connectivity index (χ2v) is 6.77. The van der Waals surface area contributed by atoms with Gasteiger partial charge in [-0.1, -0.05) is 39.5 Å². The third-order valence-corrected chi connectivity index (χ3v) is 5.02. The molecule has 0 spiro atoms. The van der Waals surface area contributed by atoms with Crippen LogP contribution in [-0.4, -0.2) is 12.2 Å². The minimum absolute atomic E-state index is 0.144. The summed E-state index contributed by atoms with van der Waals surface area (Å²) in [6, 6.07) is 2.49. The SMILES string of the molecule is CCCC1CCC(C#N)C(OC2CCCC(C)C2)C1. The van der Waals surface area contributed by atoms with Crippen LogP contribution in [0.5, 0.6) is 0 Å². The van der Waals surface area contributed by atoms with Crippen molar-refractivity contribution in [1.29, 1.82) is 5.26 Å². The first-order chi connectivity index (χ1) is 9.22. The summed E-state index contributed by atoms with van der Waals surface area (Å²) in [7, 11) is 0. The van der Waals surface area contributed by atoms with E-state index in [1.54, 1.807) is 0 Å². The number of nitriles is 1. The topological polar surface area (TPSA) is 33.0 Å². The van der Waals surface area contributed by atoms with Crippen LogP contribution in [0.3, 0.4) is 0 Å². The van der Waals surface area contributed by atoms with Crippen LogP contribution in [0, 0.1) is 29.1 Å². The van der Waals surface area contributed by atoms with Gasteiger partial charge in [-0.2, -0.15) is 5.26 Å². The molecule has 0 amide bonds. The highest BCUT2D eigenvalue weighted by Gasteiger charge is 2.33. The van der Waals surface area contributed by atoms with Crippen LogP contribution in [-0.2, 0) is 4.74 Å². The van der Waals surface area contributed by atoms with Crippen LogP contribution in [0.25, 0.3) is 0 Å². The second-order valence-electron chi connectivity index (χ2n) is 6.77. The maximum atomic E-state index is 9.33. The third-order valence-electron chi connectivity index (χ3n) is 5.02. The van der Waals surface area contributed by atoms with E-state index in [4.69, 9.17) is 4.74 Å². The zero-order chi connectivity index (χ0) is 13.7. The molecule has 0 aromatic rings. The Kier molecular flexibility index (Phi) is 5.70. The molecule has 2 saturated carbocycles. The fraction of sp³-hybridized carbons (Fsp3) is 0.941. The Morgan fingerprint density at radius 2 is 2.00 bits per heavy atom. The van der Waals surface area contributed by atoms with E-state index in [1.165, 1.54) is 44.9 Å². The first kappa shape index (κ1) is 14.9. The number of nitrogens with zero attached hydrogens (tertiary/aromatic N) is 1. The van der Waals surface area contributed by atoms with Crippen LogP contribution in [0.2, 0.25) is 0 Å². The van der Waals surface area contributed by atoms with Crippen molar-refractivity contribution >= 4 is 0 Å². The molecule has 0 aliphatic heterocycles. The van der Waals surface area contributed by atoms with Gasteiger partial charge < -0.3 is 4.74 Å². The molecule has 19 heavy (non-hydrogen) atoms. The van der Waals surface area contributed by atoms with E-state index in [1.807, 2.05) is 0 Å². The van der Waals surface area contributed by atoms with E-state index in [2.05, 4.69) is 19.9 Å². The van der Waals surface area contributed by atoms with E-state index in [0.717, 1.165) is 24.7 Å². The zero-order valence-corrected chi connectivity index (χ0v) is 12.6. The first-order valence-electron chi connectivity index (χ1n) is 8.28. The molecule has 0 N–H and O–H groups in total. The molecule has 0 aromatic heterocycles. The highest BCUT2D eigenvalue weighted by Crippen LogP contribution is 2.36. The Balaban J connectivity index is 1.89. The fourth-order valence-electron chi connectivity index (χ4n) is 3.93. The summed E-state index contributed by atoms with van der Waals surface area (Å²) in [5, 5.41) is 9.33. The van der Waals surface area contributed by atoms with Gasteiger partial charge in [0.05, 0.1) is 24.2 Å². The van der Waals surface area contributed by atoms with Gasteiger partial charge in [-0.3, -0.25) is 0 Å². The molecule has 0 saturated heterocycles. The Morgan fingerprint density at radius 1 is 1.16 bits per heavy atom. The van der Waals surface area contributed by atoms with Crippen molar-refractivity contribution in [2.75, 3.05) is 0 Å². The zero-order valence-electron chi connectivity index (χ0n) is 12.6. The molecule has 2 aliphatic rings. The van der Waals surface area contributed by atoms with E-state index in [0.29, 0.717) is 6.10 Å². The third kappa shape index (κ3) is 4.21. The number of hydrogen-bond donors (Lipinski definition) is 0. The molecule has 2 fully saturated rings. The number of ether oxygens (including phenoxy) is 1. The van der Waals surface area contributed by atoms with Crippen LogP contribution < -0.4 is 0 Å². The van der Waals surface area contributed by atoms with Crippen molar-refractivity contribution in [2.24, 2.45) is 17.8 Å². The lowest BCUT2D eigenvalue weighted by Gasteiger charge is -2.37. The lowest BCUT2D eigenvalue weighted by Crippen LogP contribution is -2.36. The lowest BCUT2D eigenvalue weighted by atomic mass is 9.78. The highest BCUT2D eigenvalue weighted by atomic mass is 16.5. The number of rotatable bonds is 4. The molecule has 5 unspecified atom stereocenters. The van der Waals surface area contributed by atoms with Gasteiger partial charge in [-0.15, -0.1) is 0 Å². The molecule has 5 atom stereocenters. The summed E-state index contributed by atoms with van der Waals surface area (Å²) in [6.07, 6.45) is 11.7. The summed E-state index contributed by atoms with van der Waals surface area (Å²) in [5.74, 6) is 1.74. The maximum absolute atomic E-state index is 9.33. The van der Waals surface area contributed by atoms with Crippen LogP contribution in [0.4, 0.5) is 0 Å². The van der Waals surface area contributed by atoms with Gasteiger partial charge in [0.15, 0.2) is 0 Å². The molecular weight excluding hydrogens is 234 g/mol. The maximum Gasteiger partial charge on any atom is 0.0739 e. The van der Waals surface area contributed by atoms with Gasteiger partial charge >= 0.3 is 0 Å². The van der Waals surface area contributed by atoms with Gasteiger partial charge in [0.2, 0.25) is 0 Å². The van der Waals surface area contributed by atoms with Gasteiger partial charge in [0.25, 0.3) is 0 Å². The fourth-order valence-corrected chi connectivity index (χ4v) is 3.93. The molecule has 108 valence electrons. The Hall–Kier alpha value is -0.550. The molecule has 2 nitrogen and oxygen atoms in total. The van der Waals surface area contributed by atoms with E-state index < -0.39 is 0 Å². The molecule has 0 bridgehead atoms. The summed E-state index contributed by atoms with van der Waals surface area (Å²) in [5.41, 5.74) is 0. The molecule has 2 aliphatic carbocycles. The van der Waals surface area contributed by atoms with Crippen molar-refractivity contribution < 1.29 is 4.74 Å². The van der Waals surface area contributed by atoms with E-state index in [9.17, 15) is 5.26 Å². The second kappa shape index (κ2) is 7.29. The summed E-state index contributed by atoms with van der Waals surface area (Å²) in [4.78, 5) is 0. The monoisotopic (exact) mass is 263 g/mol. The Bertz CT molecular complexity index is 309. The van der Waals surface area contributed by atoms with Crippen molar-refractivity contribution in [3.8, 4) is 6.07 Å². The Morgan fingerprint density at radius 3 is 2.68 bits per heavy atom. The van der Waals surface area contributed by atoms with Crippen molar-refractivity contribution in [3.05, 3.63) is 0 Å².